The number of nitrogens with one attached hydrogen (secondary N) is 1. The highest BCUT2D eigenvalue weighted by molar-refractivity contribution is 14.0. The maximum Gasteiger partial charge on any atom is 0.403 e. The molecule has 0 amide bonds. The van der Waals surface area contributed by atoms with Crippen LogP contribution < -0.4 is 5.32 Å². The number of piperazine rings is 1. The van der Waals surface area contributed by atoms with Gasteiger partial charge in [0.1, 0.15) is 6.04 Å². The monoisotopic (exact) mass is 524 g/mol. The fraction of sp³-hybridized carbons (Fsp3) is 0.938. The molecule has 11 heteroatoms. The minimum Gasteiger partial charge on any atom is -0.354 e. The molecule has 0 aromatic heterocycles. The molecule has 158 valence electrons. The first-order valence-corrected chi connectivity index (χ1v) is 11.0. The maximum absolute atomic E-state index is 12.9. The molecule has 2 unspecified atom stereocenters. The standard InChI is InChI=1S/C16H27F3N4O2S.HI/c1-12(16(17,18)19)22-5-7-23(8-6-22)15(21-14-2-3-14)20-10-13-4-9-26(24,25)11-13;/h12-14H,2-11H2,1H3,(H,20,21);1H. The third kappa shape index (κ3) is 6.62. The zero-order valence-electron chi connectivity index (χ0n) is 15.4. The van der Waals surface area contributed by atoms with E-state index in [0.717, 1.165) is 18.8 Å². The molecule has 0 bridgehead atoms. The van der Waals surface area contributed by atoms with Gasteiger partial charge in [0.25, 0.3) is 0 Å². The van der Waals surface area contributed by atoms with E-state index in [1.54, 1.807) is 0 Å². The topological polar surface area (TPSA) is 65.0 Å². The molecule has 2 saturated heterocycles. The average molecular weight is 524 g/mol. The third-order valence-corrected chi connectivity index (χ3v) is 7.21. The highest BCUT2D eigenvalue weighted by Gasteiger charge is 2.41. The van der Waals surface area contributed by atoms with E-state index in [0.29, 0.717) is 45.2 Å². The molecule has 3 aliphatic rings. The summed E-state index contributed by atoms with van der Waals surface area (Å²) in [6.07, 6.45) is -1.43. The largest absolute Gasteiger partial charge is 0.403 e. The number of sulfone groups is 1. The Morgan fingerprint density at radius 3 is 2.30 bits per heavy atom. The minimum atomic E-state index is -4.21. The zero-order chi connectivity index (χ0) is 18.9. The van der Waals surface area contributed by atoms with Gasteiger partial charge in [0.05, 0.1) is 11.5 Å². The molecular weight excluding hydrogens is 496 g/mol. The van der Waals surface area contributed by atoms with E-state index in [9.17, 15) is 21.6 Å². The van der Waals surface area contributed by atoms with Gasteiger partial charge in [0.2, 0.25) is 0 Å². The first-order valence-electron chi connectivity index (χ1n) is 9.21. The first kappa shape index (κ1) is 23.0. The lowest BCUT2D eigenvalue weighted by atomic mass is 10.1. The summed E-state index contributed by atoms with van der Waals surface area (Å²) in [6.45, 7) is 3.30. The Labute approximate surface area is 175 Å². The second-order valence-electron chi connectivity index (χ2n) is 7.59. The molecule has 0 radical (unpaired) electrons. The molecular formula is C16H28F3IN4O2S. The molecule has 0 aromatic carbocycles. The lowest BCUT2D eigenvalue weighted by Crippen LogP contribution is -2.57. The highest BCUT2D eigenvalue weighted by atomic mass is 127. The van der Waals surface area contributed by atoms with E-state index in [-0.39, 0.29) is 41.4 Å². The molecule has 0 spiro atoms. The molecule has 27 heavy (non-hydrogen) atoms. The summed E-state index contributed by atoms with van der Waals surface area (Å²) >= 11 is 0. The molecule has 1 N–H and O–H groups in total. The van der Waals surface area contributed by atoms with Crippen molar-refractivity contribution in [3.8, 4) is 0 Å². The van der Waals surface area contributed by atoms with Crippen LogP contribution in [0, 0.1) is 5.92 Å². The van der Waals surface area contributed by atoms with E-state index in [2.05, 4.69) is 10.3 Å². The Hall–Kier alpha value is -0.300. The molecule has 2 heterocycles. The quantitative estimate of drug-likeness (QED) is 0.345. The molecule has 3 fully saturated rings. The number of guanidine groups is 1. The Balaban J connectivity index is 0.00000261. The van der Waals surface area contributed by atoms with Crippen LogP contribution in [0.4, 0.5) is 13.2 Å². The van der Waals surface area contributed by atoms with Crippen LogP contribution in [0.25, 0.3) is 0 Å². The van der Waals surface area contributed by atoms with Crippen LogP contribution in [0.3, 0.4) is 0 Å². The Bertz CT molecular complexity index is 632. The lowest BCUT2D eigenvalue weighted by Gasteiger charge is -2.39. The van der Waals surface area contributed by atoms with Gasteiger partial charge in [-0.1, -0.05) is 0 Å². The summed E-state index contributed by atoms with van der Waals surface area (Å²) in [5.41, 5.74) is 0. The Kier molecular flexibility index (Phi) is 7.68. The second kappa shape index (κ2) is 9.02. The summed E-state index contributed by atoms with van der Waals surface area (Å²) in [4.78, 5) is 8.07. The molecule has 0 aromatic rings. The fourth-order valence-corrected chi connectivity index (χ4v) is 5.26. The predicted octanol–water partition coefficient (Wildman–Crippen LogP) is 1.72. The summed E-state index contributed by atoms with van der Waals surface area (Å²) < 4.78 is 61.8. The van der Waals surface area contributed by atoms with Crippen molar-refractivity contribution in [3.63, 3.8) is 0 Å². The van der Waals surface area contributed by atoms with Gasteiger partial charge in [0, 0.05) is 38.8 Å². The number of alkyl halides is 3. The number of hydrogen-bond donors (Lipinski definition) is 1. The summed E-state index contributed by atoms with van der Waals surface area (Å²) in [6, 6.07) is -1.06. The molecule has 2 atom stereocenters. The van der Waals surface area contributed by atoms with Crippen molar-refractivity contribution >= 4 is 39.8 Å². The lowest BCUT2D eigenvalue weighted by molar-refractivity contribution is -0.181. The van der Waals surface area contributed by atoms with Crippen molar-refractivity contribution in [2.75, 3.05) is 44.2 Å². The van der Waals surface area contributed by atoms with Gasteiger partial charge in [-0.25, -0.2) is 8.42 Å². The molecule has 1 saturated carbocycles. The van der Waals surface area contributed by atoms with Crippen LogP contribution >= 0.6 is 24.0 Å². The smallest absolute Gasteiger partial charge is 0.354 e. The van der Waals surface area contributed by atoms with Crippen molar-refractivity contribution in [2.24, 2.45) is 10.9 Å². The molecule has 2 aliphatic heterocycles. The van der Waals surface area contributed by atoms with Gasteiger partial charge in [0.15, 0.2) is 15.8 Å². The van der Waals surface area contributed by atoms with E-state index in [1.807, 2.05) is 4.90 Å². The second-order valence-corrected chi connectivity index (χ2v) is 9.82. The van der Waals surface area contributed by atoms with Gasteiger partial charge in [-0.2, -0.15) is 13.2 Å². The highest BCUT2D eigenvalue weighted by Crippen LogP contribution is 2.26. The molecule has 1 aliphatic carbocycles. The van der Waals surface area contributed by atoms with E-state index >= 15 is 0 Å². The van der Waals surface area contributed by atoms with Gasteiger partial charge >= 0.3 is 6.18 Å². The Morgan fingerprint density at radius 2 is 1.81 bits per heavy atom. The third-order valence-electron chi connectivity index (χ3n) is 5.37. The van der Waals surface area contributed by atoms with Crippen LogP contribution in [-0.2, 0) is 9.84 Å². The minimum absolute atomic E-state index is 0. The van der Waals surface area contributed by atoms with E-state index in [4.69, 9.17) is 0 Å². The van der Waals surface area contributed by atoms with Crippen molar-refractivity contribution < 1.29 is 21.6 Å². The van der Waals surface area contributed by atoms with E-state index < -0.39 is 22.1 Å². The van der Waals surface area contributed by atoms with E-state index in [1.165, 1.54) is 11.8 Å². The van der Waals surface area contributed by atoms with Crippen molar-refractivity contribution in [3.05, 3.63) is 0 Å². The van der Waals surface area contributed by atoms with Gasteiger partial charge in [-0.15, -0.1) is 24.0 Å². The first-order chi connectivity index (χ1) is 12.1. The number of hydrogen-bond acceptors (Lipinski definition) is 4. The normalized spacial score (nSPS) is 27.9. The predicted molar refractivity (Wildman–Crippen MR) is 109 cm³/mol. The van der Waals surface area contributed by atoms with Crippen LogP contribution in [0.1, 0.15) is 26.2 Å². The number of aliphatic imine (C=N–C) groups is 1. The summed E-state index contributed by atoms with van der Waals surface area (Å²) in [5, 5.41) is 3.37. The van der Waals surface area contributed by atoms with Crippen LogP contribution in [0.2, 0.25) is 0 Å². The Morgan fingerprint density at radius 1 is 1.19 bits per heavy atom. The number of rotatable bonds is 4. The van der Waals surface area contributed by atoms with Gasteiger partial charge in [-0.3, -0.25) is 9.89 Å². The maximum atomic E-state index is 12.9. The van der Waals surface area contributed by atoms with Gasteiger partial charge in [-0.05, 0) is 32.1 Å². The zero-order valence-corrected chi connectivity index (χ0v) is 18.6. The molecule has 6 nitrogen and oxygen atoms in total. The van der Waals surface area contributed by atoms with Crippen molar-refractivity contribution in [2.45, 2.75) is 44.4 Å². The van der Waals surface area contributed by atoms with Gasteiger partial charge < -0.3 is 10.2 Å². The number of halogens is 4. The average Bonchev–Trinajstić information content (AvgIpc) is 3.32. The number of nitrogens with zero attached hydrogens (tertiary/aromatic N) is 3. The van der Waals surface area contributed by atoms with Crippen LogP contribution in [0.5, 0.6) is 0 Å². The fourth-order valence-electron chi connectivity index (χ4n) is 3.41. The van der Waals surface area contributed by atoms with Crippen molar-refractivity contribution in [1.29, 1.82) is 0 Å². The summed E-state index contributed by atoms with van der Waals surface area (Å²) in [7, 11) is -2.93. The van der Waals surface area contributed by atoms with Crippen molar-refractivity contribution in [1.82, 2.24) is 15.1 Å². The molecule has 3 rings (SSSR count). The van der Waals surface area contributed by atoms with Crippen LogP contribution in [0.15, 0.2) is 4.99 Å². The summed E-state index contributed by atoms with van der Waals surface area (Å²) in [5.74, 6) is 1.18. The SMILES string of the molecule is CC(N1CCN(C(=NCC2CCS(=O)(=O)C2)NC2CC2)CC1)C(F)(F)F.I. The van der Waals surface area contributed by atoms with Crippen LogP contribution in [-0.4, -0.2) is 86.7 Å².